The molecule has 1 N–H and O–H groups in total. The molecule has 1 heterocycles. The molecule has 0 radical (unpaired) electrons. The molecule has 0 bridgehead atoms. The molecule has 126 valence electrons. The van der Waals surface area contributed by atoms with Crippen LogP contribution < -0.4 is 5.32 Å². The van der Waals surface area contributed by atoms with Crippen LogP contribution in [-0.2, 0) is 4.74 Å². The number of allylic oxidation sites excluding steroid dienone is 2. The third-order valence-corrected chi connectivity index (χ3v) is 1.75. The average molecular weight is 341 g/mol. The van der Waals surface area contributed by atoms with Crippen molar-refractivity contribution in [3.8, 4) is 0 Å². The van der Waals surface area contributed by atoms with Gasteiger partial charge in [0.1, 0.15) is 0 Å². The molecule has 1 unspecified atom stereocenters. The fraction of sp³-hybridized carbons (Fsp3) is 0.500. The van der Waals surface area contributed by atoms with E-state index in [1.165, 1.54) is 0 Å². The van der Waals surface area contributed by atoms with E-state index < -0.39 is 7.81 Å². The first-order valence-corrected chi connectivity index (χ1v) is 7.63. The SMILES string of the molecule is CN(C)C(OC1C=CC=CN1)=[N+](C)C.F[P-](F)(F)(F)(F)F. The Morgan fingerprint density at radius 2 is 1.57 bits per heavy atom. The Hall–Kier alpha value is -1.44. The van der Waals surface area contributed by atoms with E-state index >= 15 is 0 Å². The maximum absolute atomic E-state index is 10.7. The molecule has 0 amide bonds. The predicted octanol–water partition coefficient (Wildman–Crippen LogP) is 3.57. The molecule has 0 aliphatic carbocycles. The molecule has 1 atom stereocenters. The first-order valence-electron chi connectivity index (χ1n) is 5.60. The second-order valence-electron chi connectivity index (χ2n) is 4.48. The number of nitrogens with zero attached hydrogens (tertiary/aromatic N) is 2. The van der Waals surface area contributed by atoms with Crippen molar-refractivity contribution in [3.05, 3.63) is 24.4 Å². The third-order valence-electron chi connectivity index (χ3n) is 1.75. The van der Waals surface area contributed by atoms with Gasteiger partial charge in [-0.3, -0.25) is 0 Å². The van der Waals surface area contributed by atoms with Crippen molar-refractivity contribution in [2.75, 3.05) is 28.2 Å². The number of nitrogens with one attached hydrogen (secondary N) is 1. The van der Waals surface area contributed by atoms with E-state index in [0.717, 1.165) is 6.02 Å². The Bertz CT molecular complexity index is 439. The average Bonchev–Trinajstić information content (AvgIpc) is 2.22. The molecule has 1 aliphatic rings. The number of hydrogen-bond donors (Lipinski definition) is 1. The molecule has 1 aliphatic heterocycles. The maximum atomic E-state index is 9.87. The van der Waals surface area contributed by atoms with Crippen molar-refractivity contribution in [2.24, 2.45) is 0 Å². The summed E-state index contributed by atoms with van der Waals surface area (Å²) in [6, 6.07) is 0.822. The van der Waals surface area contributed by atoms with Gasteiger partial charge in [0.2, 0.25) is 0 Å². The van der Waals surface area contributed by atoms with E-state index in [9.17, 15) is 25.2 Å². The van der Waals surface area contributed by atoms with Crippen molar-refractivity contribution >= 4 is 13.8 Å². The first-order chi connectivity index (χ1) is 9.06. The molecule has 0 aromatic rings. The number of ether oxygens (including phenoxy) is 1. The summed E-state index contributed by atoms with van der Waals surface area (Å²) < 4.78 is 66.9. The standard InChI is InChI=1S/C10H18N3O.F6P/c1-12(2)10(13(3)4)14-9-7-5-6-8-11-9;1-7(2,3,4,5)6/h5-9,11H,1-4H3;/q+1;-1. The van der Waals surface area contributed by atoms with Crippen LogP contribution in [0.2, 0.25) is 0 Å². The minimum atomic E-state index is -10.7. The second kappa shape index (κ2) is 5.75. The van der Waals surface area contributed by atoms with Gasteiger partial charge in [-0.05, 0) is 18.4 Å². The number of hydrogen-bond acceptors (Lipinski definition) is 2. The van der Waals surface area contributed by atoms with E-state index in [1.54, 1.807) is 0 Å². The molecule has 1 rings (SSSR count). The van der Waals surface area contributed by atoms with Crippen LogP contribution in [-0.4, -0.2) is 49.9 Å². The Kier molecular flexibility index (Phi) is 5.35. The monoisotopic (exact) mass is 341 g/mol. The Morgan fingerprint density at radius 1 is 1.10 bits per heavy atom. The summed E-state index contributed by atoms with van der Waals surface area (Å²) in [4.78, 5) is 1.94. The normalized spacial score (nSPS) is 20.2. The van der Waals surface area contributed by atoms with Gasteiger partial charge in [-0.25, -0.2) is 9.48 Å². The molecule has 0 saturated heterocycles. The van der Waals surface area contributed by atoms with Gasteiger partial charge in [0, 0.05) is 0 Å². The van der Waals surface area contributed by atoms with Gasteiger partial charge < -0.3 is 10.1 Å². The number of amidine groups is 1. The summed E-state index contributed by atoms with van der Waals surface area (Å²) in [7, 11) is -2.83. The topological polar surface area (TPSA) is 27.5 Å². The van der Waals surface area contributed by atoms with Crippen LogP contribution >= 0.6 is 7.81 Å². The Labute approximate surface area is 118 Å². The molecule has 0 saturated carbocycles. The van der Waals surface area contributed by atoms with Gasteiger partial charge in [0.05, 0.1) is 28.2 Å². The van der Waals surface area contributed by atoms with Crippen LogP contribution in [0.25, 0.3) is 0 Å². The van der Waals surface area contributed by atoms with Gasteiger partial charge in [-0.1, -0.05) is 6.08 Å². The van der Waals surface area contributed by atoms with Gasteiger partial charge in [-0.2, -0.15) is 0 Å². The van der Waals surface area contributed by atoms with Crippen LogP contribution in [0.15, 0.2) is 24.4 Å². The quantitative estimate of drug-likeness (QED) is 0.260. The second-order valence-corrected chi connectivity index (χ2v) is 6.40. The molecule has 21 heavy (non-hydrogen) atoms. The van der Waals surface area contributed by atoms with Crippen molar-refractivity contribution in [1.29, 1.82) is 0 Å². The van der Waals surface area contributed by atoms with Crippen molar-refractivity contribution in [2.45, 2.75) is 6.23 Å². The predicted molar refractivity (Wildman–Crippen MR) is 70.7 cm³/mol. The summed E-state index contributed by atoms with van der Waals surface area (Å²) in [5, 5.41) is 3.10. The first kappa shape index (κ1) is 19.6. The van der Waals surface area contributed by atoms with E-state index in [1.807, 2.05) is 62.1 Å². The van der Waals surface area contributed by atoms with Crippen molar-refractivity contribution < 1.29 is 34.5 Å². The zero-order valence-corrected chi connectivity index (χ0v) is 12.8. The van der Waals surface area contributed by atoms with Crippen LogP contribution in [0.1, 0.15) is 0 Å². The van der Waals surface area contributed by atoms with Gasteiger partial charge in [-0.15, -0.1) is 0 Å². The molecule has 4 nitrogen and oxygen atoms in total. The van der Waals surface area contributed by atoms with Gasteiger partial charge >= 0.3 is 39.0 Å². The van der Waals surface area contributed by atoms with Crippen LogP contribution in [0, 0.1) is 0 Å². The minimum absolute atomic E-state index is 0.0835. The molecule has 0 aromatic carbocycles. The molecule has 0 fully saturated rings. The fourth-order valence-electron chi connectivity index (χ4n) is 1.22. The zero-order valence-electron chi connectivity index (χ0n) is 11.9. The van der Waals surface area contributed by atoms with Crippen LogP contribution in [0.4, 0.5) is 25.2 Å². The third kappa shape index (κ3) is 14.8. The molecular formula is C10H18F6N3OP. The summed E-state index contributed by atoms with van der Waals surface area (Å²) in [6.45, 7) is 0. The van der Waals surface area contributed by atoms with E-state index in [0.29, 0.717) is 0 Å². The molecule has 11 heteroatoms. The van der Waals surface area contributed by atoms with Crippen LogP contribution in [0.3, 0.4) is 0 Å². The van der Waals surface area contributed by atoms with E-state index in [2.05, 4.69) is 5.32 Å². The summed E-state index contributed by atoms with van der Waals surface area (Å²) >= 11 is 0. The van der Waals surface area contributed by atoms with Gasteiger partial charge in [0.25, 0.3) is 0 Å². The number of rotatable bonds is 1. The Balaban J connectivity index is 0.000000486. The molecular weight excluding hydrogens is 323 g/mol. The number of halogens is 6. The van der Waals surface area contributed by atoms with E-state index in [-0.39, 0.29) is 6.23 Å². The number of dihydropyridines is 1. The van der Waals surface area contributed by atoms with Crippen LogP contribution in [0.5, 0.6) is 0 Å². The van der Waals surface area contributed by atoms with Gasteiger partial charge in [0.15, 0.2) is 6.23 Å². The summed E-state index contributed by atoms with van der Waals surface area (Å²) in [5.41, 5.74) is 0. The van der Waals surface area contributed by atoms with E-state index in [4.69, 9.17) is 4.74 Å². The molecule has 0 aromatic heterocycles. The summed E-state index contributed by atoms with van der Waals surface area (Å²) in [6.07, 6.45) is 7.65. The van der Waals surface area contributed by atoms with Crippen molar-refractivity contribution in [1.82, 2.24) is 10.2 Å². The van der Waals surface area contributed by atoms with Crippen molar-refractivity contribution in [3.63, 3.8) is 0 Å². The fourth-order valence-corrected chi connectivity index (χ4v) is 1.22. The zero-order chi connectivity index (χ0) is 17.0. The summed E-state index contributed by atoms with van der Waals surface area (Å²) in [5.74, 6) is 0. The Morgan fingerprint density at radius 3 is 1.86 bits per heavy atom. The molecule has 0 spiro atoms.